The maximum Gasteiger partial charge on any atom is 0.210 e. The summed E-state index contributed by atoms with van der Waals surface area (Å²) < 4.78 is 1.45. The molecule has 1 heterocycles. The van der Waals surface area contributed by atoms with Crippen molar-refractivity contribution in [2.75, 3.05) is 0 Å². The van der Waals surface area contributed by atoms with Gasteiger partial charge >= 0.3 is 0 Å². The second kappa shape index (κ2) is 15.6. The fourth-order valence-electron chi connectivity index (χ4n) is 5.18. The summed E-state index contributed by atoms with van der Waals surface area (Å²) in [6.07, 6.45) is 20.7. The van der Waals surface area contributed by atoms with Gasteiger partial charge in [0.2, 0.25) is 11.4 Å². The van der Waals surface area contributed by atoms with Crippen molar-refractivity contribution < 1.29 is 4.70 Å². The van der Waals surface area contributed by atoms with Crippen molar-refractivity contribution in [1.29, 1.82) is 0 Å². The lowest BCUT2D eigenvalue weighted by atomic mass is 9.99. The van der Waals surface area contributed by atoms with Gasteiger partial charge in [-0.15, -0.1) is 0 Å². The van der Waals surface area contributed by atoms with Crippen molar-refractivity contribution in [2.45, 2.75) is 117 Å². The molecule has 2 aromatic rings. The molecule has 36 heavy (non-hydrogen) atoms. The number of hydrogen-bond donors (Lipinski definition) is 0. The number of rotatable bonds is 17. The highest BCUT2D eigenvalue weighted by Crippen LogP contribution is 2.37. The highest BCUT2D eigenvalue weighted by molar-refractivity contribution is 5.78. The summed E-state index contributed by atoms with van der Waals surface area (Å²) in [5.74, 6) is 0. The Bertz CT molecular complexity index is 992. The highest BCUT2D eigenvalue weighted by Gasteiger charge is 2.28. The number of unbranched alkanes of at least 4 members (excludes halogenated alkanes) is 9. The van der Waals surface area contributed by atoms with Crippen LogP contribution in [0.4, 0.5) is 0 Å². The summed E-state index contributed by atoms with van der Waals surface area (Å²) in [5, 5.41) is 0. The predicted octanol–water partition coefficient (Wildman–Crippen LogP) is 10.7. The van der Waals surface area contributed by atoms with E-state index >= 15 is 0 Å². The summed E-state index contributed by atoms with van der Waals surface area (Å²) in [6.45, 7) is 6.77. The zero-order chi connectivity index (χ0) is 25.6. The molecule has 0 unspecified atom stereocenters. The van der Waals surface area contributed by atoms with Crippen LogP contribution in [-0.4, -0.2) is 4.70 Å². The van der Waals surface area contributed by atoms with Crippen LogP contribution in [0.1, 0.15) is 126 Å². The van der Waals surface area contributed by atoms with Crippen molar-refractivity contribution in [2.24, 2.45) is 0 Å². The summed E-state index contributed by atoms with van der Waals surface area (Å²) >= 11 is 0. The SMILES string of the molecule is CCCCCCCCC1=C(c2ccc(CCCCC)cc2)[N+](=[N-])C(c2ccc(CCCCC)cc2)=C1. The normalized spacial score (nSPS) is 13.5. The van der Waals surface area contributed by atoms with Gasteiger partial charge in [-0.2, -0.15) is 0 Å². The van der Waals surface area contributed by atoms with Gasteiger partial charge in [0, 0.05) is 22.8 Å². The van der Waals surface area contributed by atoms with Gasteiger partial charge in [-0.25, -0.2) is 4.70 Å². The molecular formula is C34H48N2. The lowest BCUT2D eigenvalue weighted by molar-refractivity contribution is -0.344. The quantitative estimate of drug-likeness (QED) is 0.158. The molecule has 1 aliphatic rings. The Balaban J connectivity index is 1.76. The van der Waals surface area contributed by atoms with Crippen LogP contribution in [0.5, 0.6) is 0 Å². The average Bonchev–Trinajstić information content (AvgIpc) is 3.23. The minimum Gasteiger partial charge on any atom is -0.493 e. The molecule has 0 bridgehead atoms. The van der Waals surface area contributed by atoms with Gasteiger partial charge in [-0.1, -0.05) is 103 Å². The number of benzene rings is 2. The van der Waals surface area contributed by atoms with Crippen LogP contribution < -0.4 is 0 Å². The molecule has 194 valence electrons. The topological polar surface area (TPSA) is 25.3 Å². The van der Waals surface area contributed by atoms with Gasteiger partial charge in [0.1, 0.15) is 0 Å². The van der Waals surface area contributed by atoms with E-state index in [9.17, 15) is 5.53 Å². The molecule has 2 nitrogen and oxygen atoms in total. The molecule has 0 amide bonds. The maximum absolute atomic E-state index is 11.4. The lowest BCUT2D eigenvalue weighted by Crippen LogP contribution is -2.02. The molecule has 0 spiro atoms. The highest BCUT2D eigenvalue weighted by atomic mass is 15.2. The molecule has 3 rings (SSSR count). The van der Waals surface area contributed by atoms with Crippen LogP contribution >= 0.6 is 0 Å². The molecule has 0 saturated heterocycles. The van der Waals surface area contributed by atoms with E-state index in [1.54, 1.807) is 0 Å². The van der Waals surface area contributed by atoms with Crippen molar-refractivity contribution in [3.63, 3.8) is 0 Å². The second-order valence-corrected chi connectivity index (χ2v) is 10.5. The second-order valence-electron chi connectivity index (χ2n) is 10.5. The van der Waals surface area contributed by atoms with E-state index < -0.39 is 0 Å². The number of aryl methyl sites for hydroxylation is 2. The Morgan fingerprint density at radius 2 is 0.972 bits per heavy atom. The summed E-state index contributed by atoms with van der Waals surface area (Å²) in [7, 11) is 0. The average molecular weight is 485 g/mol. The van der Waals surface area contributed by atoms with Crippen LogP contribution in [0.2, 0.25) is 0 Å². The van der Waals surface area contributed by atoms with Gasteiger partial charge in [0.05, 0.1) is 0 Å². The fraction of sp³-hybridized carbons (Fsp3) is 0.529. The van der Waals surface area contributed by atoms with Crippen LogP contribution in [0.25, 0.3) is 16.9 Å². The smallest absolute Gasteiger partial charge is 0.210 e. The minimum absolute atomic E-state index is 0.901. The Kier molecular flexibility index (Phi) is 12.2. The zero-order valence-electron chi connectivity index (χ0n) is 23.2. The molecule has 0 aromatic heterocycles. The van der Waals surface area contributed by atoms with Gasteiger partial charge in [0.15, 0.2) is 0 Å². The first-order valence-electron chi connectivity index (χ1n) is 14.8. The van der Waals surface area contributed by atoms with Crippen LogP contribution in [0.3, 0.4) is 0 Å². The monoisotopic (exact) mass is 484 g/mol. The third kappa shape index (κ3) is 8.29. The molecule has 0 saturated carbocycles. The molecule has 0 N–H and O–H groups in total. The number of nitrogens with zero attached hydrogens (tertiary/aromatic N) is 2. The Morgan fingerprint density at radius 3 is 1.53 bits per heavy atom. The zero-order valence-corrected chi connectivity index (χ0v) is 23.2. The van der Waals surface area contributed by atoms with Crippen molar-refractivity contribution in [3.8, 4) is 0 Å². The first-order valence-corrected chi connectivity index (χ1v) is 14.8. The van der Waals surface area contributed by atoms with E-state index in [-0.39, 0.29) is 0 Å². The lowest BCUT2D eigenvalue weighted by Gasteiger charge is -2.11. The van der Waals surface area contributed by atoms with E-state index in [4.69, 9.17) is 0 Å². The van der Waals surface area contributed by atoms with Gasteiger partial charge < -0.3 is 5.53 Å². The van der Waals surface area contributed by atoms with E-state index in [1.165, 1.54) is 98.4 Å². The van der Waals surface area contributed by atoms with E-state index in [1.807, 2.05) is 0 Å². The van der Waals surface area contributed by atoms with Gasteiger partial charge in [-0.05, 0) is 73.9 Å². The molecule has 2 aromatic carbocycles. The Hall–Kier alpha value is -2.48. The molecule has 1 aliphatic heterocycles. The van der Waals surface area contributed by atoms with E-state index in [0.717, 1.165) is 41.8 Å². The summed E-state index contributed by atoms with van der Waals surface area (Å²) in [4.78, 5) is 0. The third-order valence-electron chi connectivity index (χ3n) is 7.47. The largest absolute Gasteiger partial charge is 0.493 e. The van der Waals surface area contributed by atoms with Crippen LogP contribution in [-0.2, 0) is 12.8 Å². The van der Waals surface area contributed by atoms with Gasteiger partial charge in [0.25, 0.3) is 0 Å². The van der Waals surface area contributed by atoms with Crippen molar-refractivity contribution in [1.82, 2.24) is 0 Å². The minimum atomic E-state index is 0.901. The Labute approximate surface area is 221 Å². The number of allylic oxidation sites excluding steroid dienone is 2. The number of hydrogen-bond acceptors (Lipinski definition) is 0. The van der Waals surface area contributed by atoms with Crippen LogP contribution in [0, 0.1) is 0 Å². The first kappa shape index (κ1) is 28.1. The molecule has 0 aliphatic carbocycles. The van der Waals surface area contributed by atoms with Crippen molar-refractivity contribution in [3.05, 3.63) is 88.0 Å². The van der Waals surface area contributed by atoms with E-state index in [2.05, 4.69) is 75.4 Å². The maximum atomic E-state index is 11.4. The standard InChI is InChI=1S/C34H48N2/c1-4-7-10-11-12-15-18-32-27-33(30-23-19-28(20-24-30)16-13-8-5-2)36(35)34(32)31-25-21-29(22-26-31)17-14-9-6-3/h19-27H,4-18H2,1-3H3. The third-order valence-corrected chi connectivity index (χ3v) is 7.47. The summed E-state index contributed by atoms with van der Waals surface area (Å²) in [5.41, 5.74) is 19.5. The van der Waals surface area contributed by atoms with E-state index in [0.29, 0.717) is 0 Å². The van der Waals surface area contributed by atoms with Gasteiger partial charge in [-0.3, -0.25) is 0 Å². The first-order chi connectivity index (χ1) is 17.7. The van der Waals surface area contributed by atoms with Crippen molar-refractivity contribution >= 4 is 11.4 Å². The molecule has 0 atom stereocenters. The predicted molar refractivity (Wildman–Crippen MR) is 156 cm³/mol. The van der Waals surface area contributed by atoms with Crippen LogP contribution in [0.15, 0.2) is 60.2 Å². The molecule has 2 heteroatoms. The molecular weight excluding hydrogens is 436 g/mol. The molecule has 0 fully saturated rings. The summed E-state index contributed by atoms with van der Waals surface area (Å²) in [6, 6.07) is 17.7. The molecule has 0 radical (unpaired) electrons. The fourth-order valence-corrected chi connectivity index (χ4v) is 5.18. The Morgan fingerprint density at radius 1 is 0.528 bits per heavy atom.